The summed E-state index contributed by atoms with van der Waals surface area (Å²) in [6.07, 6.45) is 1.94. The van der Waals surface area contributed by atoms with E-state index in [1.54, 1.807) is 54.4 Å². The van der Waals surface area contributed by atoms with Gasteiger partial charge in [0.2, 0.25) is 41.4 Å². The Kier molecular flexibility index (Phi) is 17.0. The van der Waals surface area contributed by atoms with Crippen molar-refractivity contribution in [1.29, 1.82) is 0 Å². The van der Waals surface area contributed by atoms with E-state index in [9.17, 15) is 66.3 Å². The molecule has 5 aliphatic heterocycles. The molecule has 4 saturated heterocycles. The molecule has 0 radical (unpaired) electrons. The second kappa shape index (κ2) is 23.7. The number of nitrogens with two attached hydrogens (primary N) is 1. The lowest BCUT2D eigenvalue weighted by Crippen LogP contribution is -2.61. The summed E-state index contributed by atoms with van der Waals surface area (Å²) in [6, 6.07) is 12.6. The van der Waals surface area contributed by atoms with Crippen LogP contribution in [-0.2, 0) is 50.3 Å². The molecule has 6 atom stereocenters. The lowest BCUT2D eigenvalue weighted by atomic mass is 9.95. The smallest absolute Gasteiger partial charge is 0.370 e. The second-order valence-corrected chi connectivity index (χ2v) is 23.6. The highest BCUT2D eigenvalue weighted by molar-refractivity contribution is 7.52. The Morgan fingerprint density at radius 2 is 1.66 bits per heavy atom. The number of amides is 9. The number of thiophene rings is 1. The molecule has 3 aromatic carbocycles. The van der Waals surface area contributed by atoms with Crippen LogP contribution in [0.5, 0.6) is 0 Å². The minimum absolute atomic E-state index is 0.0304. The van der Waals surface area contributed by atoms with E-state index < -0.39 is 90.5 Å². The van der Waals surface area contributed by atoms with Gasteiger partial charge >= 0.3 is 13.3 Å². The van der Waals surface area contributed by atoms with Gasteiger partial charge in [0.05, 0.1) is 17.3 Å². The molecule has 3 unspecified atom stereocenters. The summed E-state index contributed by atoms with van der Waals surface area (Å²) in [6.45, 7) is 1.46. The van der Waals surface area contributed by atoms with Crippen LogP contribution in [-0.4, -0.2) is 146 Å². The molecule has 9 amide bonds. The Bertz CT molecular complexity index is 3270. The maximum Gasteiger partial charge on any atom is 0.399 e. The topological polar surface area (TPSA) is 298 Å². The molecule has 25 heteroatoms. The second-order valence-electron chi connectivity index (χ2n) is 20.9. The van der Waals surface area contributed by atoms with Crippen LogP contribution in [0.3, 0.4) is 0 Å². The number of benzene rings is 3. The number of piperidine rings is 2. The molecule has 9 rings (SSSR count). The van der Waals surface area contributed by atoms with E-state index in [1.165, 1.54) is 21.9 Å². The van der Waals surface area contributed by atoms with Gasteiger partial charge < -0.3 is 51.1 Å². The molecule has 6 heterocycles. The quantitative estimate of drug-likeness (QED) is 0.0513. The minimum Gasteiger partial charge on any atom is -0.370 e. The number of fused-ring (bicyclic) bond motifs is 3. The number of carbonyl (C=O) groups excluding carboxylic acids is 9. The largest absolute Gasteiger partial charge is 0.399 e. The molecule has 1 aromatic heterocycles. The predicted molar refractivity (Wildman–Crippen MR) is 286 cm³/mol. The molecule has 21 nitrogen and oxygen atoms in total. The molecule has 0 bridgehead atoms. The van der Waals surface area contributed by atoms with E-state index in [1.807, 2.05) is 11.0 Å². The zero-order valence-corrected chi connectivity index (χ0v) is 45.2. The van der Waals surface area contributed by atoms with Crippen LogP contribution in [0.2, 0.25) is 0 Å². The van der Waals surface area contributed by atoms with E-state index in [-0.39, 0.29) is 85.5 Å². The zero-order valence-electron chi connectivity index (χ0n) is 43.5. The molecule has 422 valence electrons. The number of likely N-dealkylation sites (tertiary alicyclic amines) is 1. The molecule has 4 aromatic rings. The number of rotatable bonds is 15. The number of nitrogens with zero attached hydrogens (tertiary/aromatic N) is 4. The van der Waals surface area contributed by atoms with Crippen molar-refractivity contribution in [1.82, 2.24) is 40.9 Å². The van der Waals surface area contributed by atoms with E-state index in [0.29, 0.717) is 72.3 Å². The Hall–Kier alpha value is -7.42. The molecule has 4 fully saturated rings. The summed E-state index contributed by atoms with van der Waals surface area (Å²) in [5, 5.41) is 10.9. The summed E-state index contributed by atoms with van der Waals surface area (Å²) in [5.41, 5.74) is 2.56. The predicted octanol–water partition coefficient (Wildman–Crippen LogP) is 2.97. The van der Waals surface area contributed by atoms with Crippen molar-refractivity contribution in [2.45, 2.75) is 113 Å². The van der Waals surface area contributed by atoms with Crippen molar-refractivity contribution in [2.24, 2.45) is 11.7 Å². The normalized spacial score (nSPS) is 21.8. The van der Waals surface area contributed by atoms with E-state index in [0.717, 1.165) is 23.5 Å². The van der Waals surface area contributed by atoms with Crippen LogP contribution in [0.4, 0.5) is 8.78 Å². The van der Waals surface area contributed by atoms with Crippen LogP contribution in [0.15, 0.2) is 72.8 Å². The summed E-state index contributed by atoms with van der Waals surface area (Å²) >= 11 is 0.921. The Morgan fingerprint density at radius 1 is 0.912 bits per heavy atom. The van der Waals surface area contributed by atoms with Crippen molar-refractivity contribution >= 4 is 82.2 Å². The molecule has 0 saturated carbocycles. The number of halogens is 2. The van der Waals surface area contributed by atoms with Gasteiger partial charge in [0, 0.05) is 72.4 Å². The zero-order chi connectivity index (χ0) is 57.2. The van der Waals surface area contributed by atoms with Crippen LogP contribution in [0.1, 0.15) is 113 Å². The first-order chi connectivity index (χ1) is 38.1. The van der Waals surface area contributed by atoms with Gasteiger partial charge in [0.25, 0.3) is 11.8 Å². The Morgan fingerprint density at radius 3 is 2.38 bits per heavy atom. The van der Waals surface area contributed by atoms with E-state index >= 15 is 0 Å². The third-order valence-corrected chi connectivity index (χ3v) is 17.6. The Labute approximate surface area is 462 Å². The first-order valence-corrected chi connectivity index (χ1v) is 28.8. The van der Waals surface area contributed by atoms with Gasteiger partial charge in [0.1, 0.15) is 24.2 Å². The first kappa shape index (κ1) is 57.3. The third kappa shape index (κ3) is 12.5. The summed E-state index contributed by atoms with van der Waals surface area (Å²) < 4.78 is 41.0. The molecule has 0 aliphatic carbocycles. The summed E-state index contributed by atoms with van der Waals surface area (Å²) in [4.78, 5) is 146. The fourth-order valence-corrected chi connectivity index (χ4v) is 12.5. The van der Waals surface area contributed by atoms with Gasteiger partial charge in [-0.1, -0.05) is 54.3 Å². The third-order valence-electron chi connectivity index (χ3n) is 15.5. The number of nitrogens with one attached hydrogen (secondary N) is 4. The number of primary amides is 1. The van der Waals surface area contributed by atoms with Crippen LogP contribution < -0.4 is 27.0 Å². The van der Waals surface area contributed by atoms with Gasteiger partial charge in [-0.15, -0.1) is 11.3 Å². The van der Waals surface area contributed by atoms with Gasteiger partial charge in [-0.05, 0) is 105 Å². The monoisotopic (exact) mass is 1140 g/mol. The van der Waals surface area contributed by atoms with Crippen molar-refractivity contribution < 1.29 is 66.3 Å². The van der Waals surface area contributed by atoms with Crippen molar-refractivity contribution in [2.75, 3.05) is 33.2 Å². The number of hydrogen-bond acceptors (Lipinski definition) is 12. The Balaban J connectivity index is 0.843. The lowest BCUT2D eigenvalue weighted by Gasteiger charge is -2.38. The summed E-state index contributed by atoms with van der Waals surface area (Å²) in [5.74, 6) is 1.65. The van der Waals surface area contributed by atoms with E-state index in [2.05, 4.69) is 33.1 Å². The van der Waals surface area contributed by atoms with Gasteiger partial charge in [0.15, 0.2) is 0 Å². The highest BCUT2D eigenvalue weighted by Gasteiger charge is 2.51. The van der Waals surface area contributed by atoms with Crippen molar-refractivity contribution in [3.63, 3.8) is 0 Å². The maximum atomic E-state index is 14.6. The van der Waals surface area contributed by atoms with Gasteiger partial charge in [-0.2, -0.15) is 8.78 Å². The molecular weight excluding hydrogens is 1080 g/mol. The SMILES string of the molecule is CN1CC[C@H]2CC[C@@H](C(=O)NC(CCC(N)=O)C(=O)NC(CC(=O)N3CCC(C#Cc4cccc5c4CN(C4CCC(=O)NC4=O)C5=O)CC3)c3ccccc3)N2C(=O)[C@@H](NC(=O)c2cc3cc(C(F)(F)P(=O)(O)O)ccc3s2)C1. The number of hydrogen-bond donors (Lipinski definition) is 7. The molecule has 0 spiro atoms. The maximum absolute atomic E-state index is 14.6. The number of alkyl halides is 2. The summed E-state index contributed by atoms with van der Waals surface area (Å²) in [7, 11) is -4.10. The molecule has 8 N–H and O–H groups in total. The van der Waals surface area contributed by atoms with Gasteiger partial charge in [-0.25, -0.2) is 0 Å². The lowest BCUT2D eigenvalue weighted by molar-refractivity contribution is -0.144. The number of carbonyl (C=O) groups is 9. The van der Waals surface area contributed by atoms with E-state index in [4.69, 9.17) is 5.73 Å². The molecule has 5 aliphatic rings. The van der Waals surface area contributed by atoms with Crippen molar-refractivity contribution in [3.8, 4) is 11.8 Å². The number of likely N-dealkylation sites (N-methyl/N-ethyl adjacent to an activating group) is 1. The highest BCUT2D eigenvalue weighted by Crippen LogP contribution is 2.59. The highest BCUT2D eigenvalue weighted by atomic mass is 32.1. The van der Waals surface area contributed by atoms with Crippen LogP contribution in [0.25, 0.3) is 10.1 Å². The van der Waals surface area contributed by atoms with Crippen LogP contribution >= 0.6 is 18.9 Å². The average Bonchev–Trinajstić information content (AvgIpc) is 4.23. The standard InChI is InChI=1S/C55H60F2N9O12PS/c1-63-23-22-36-13-15-43(66(36)54(75)41(30-63)61-52(73)45-27-34-26-35(12-17-44(34)80-45)55(56,57)79(76,77)78)51(72)59-39(14-18-46(58)67)49(70)60-40(33-6-3-2-4-7-33)28-48(69)64-24-20-31(21-25-64)10-11-32-8-5-9-37-38(32)29-65(53(37)74)42-16-19-47(68)62-50(42)71/h2-9,12,17,26-27,31,36,39-43H,13-16,18-25,28-30H2,1H3,(H2,58,67)(H,59,72)(H,60,70)(H,61,73)(H,62,68,71)(H2,76,77,78)/t36-,39?,40?,41+,42?,43+/m1/s1. The molecular formula is C55H60F2N9O12PS. The fraction of sp³-hybridized carbons (Fsp3) is 0.436. The minimum atomic E-state index is -5.87. The average molecular weight is 1140 g/mol. The first-order valence-electron chi connectivity index (χ1n) is 26.3. The number of imide groups is 1. The molecule has 80 heavy (non-hydrogen) atoms. The van der Waals surface area contributed by atoms with Crippen molar-refractivity contribution in [3.05, 3.63) is 105 Å². The fourth-order valence-electron chi connectivity index (χ4n) is 11.1. The van der Waals surface area contributed by atoms with Gasteiger partial charge in [-0.3, -0.25) is 53.0 Å². The van der Waals surface area contributed by atoms with Crippen LogP contribution in [0, 0.1) is 17.8 Å².